The summed E-state index contributed by atoms with van der Waals surface area (Å²) in [6.45, 7) is 8.73. The van der Waals surface area contributed by atoms with Crippen LogP contribution < -0.4 is 5.32 Å². The zero-order chi connectivity index (χ0) is 21.4. The zero-order valence-electron chi connectivity index (χ0n) is 18.3. The SMILES string of the molecule is C[C@@H]1C[C@H](c2ccc(C#N)c3ncccc23)CN(C(=O)CN2CCC3(CC2)CNC3)C1. The summed E-state index contributed by atoms with van der Waals surface area (Å²) in [6, 6.07) is 10.2. The Kier molecular flexibility index (Phi) is 5.41. The highest BCUT2D eigenvalue weighted by Gasteiger charge is 2.40. The van der Waals surface area contributed by atoms with Gasteiger partial charge in [0.1, 0.15) is 6.07 Å². The first-order chi connectivity index (χ1) is 15.1. The van der Waals surface area contributed by atoms with Crippen LogP contribution >= 0.6 is 0 Å². The lowest BCUT2D eigenvalue weighted by Crippen LogP contribution is -2.59. The van der Waals surface area contributed by atoms with Gasteiger partial charge in [0.15, 0.2) is 0 Å². The number of fused-ring (bicyclic) bond motifs is 1. The summed E-state index contributed by atoms with van der Waals surface area (Å²) in [5.74, 6) is 0.990. The number of rotatable bonds is 3. The fraction of sp³-hybridized carbons (Fsp3) is 0.560. The van der Waals surface area contributed by atoms with E-state index in [1.54, 1.807) is 6.20 Å². The smallest absolute Gasteiger partial charge is 0.236 e. The molecule has 2 aromatic rings. The van der Waals surface area contributed by atoms with Gasteiger partial charge in [-0.1, -0.05) is 19.1 Å². The van der Waals surface area contributed by atoms with Crippen LogP contribution in [0, 0.1) is 22.7 Å². The highest BCUT2D eigenvalue weighted by Crippen LogP contribution is 2.36. The van der Waals surface area contributed by atoms with Crippen molar-refractivity contribution < 1.29 is 4.79 Å². The molecule has 4 heterocycles. The van der Waals surface area contributed by atoms with Gasteiger partial charge in [-0.25, -0.2) is 0 Å². The number of carbonyl (C=O) groups is 1. The molecule has 1 aromatic carbocycles. The van der Waals surface area contributed by atoms with Crippen molar-refractivity contribution >= 4 is 16.8 Å². The monoisotopic (exact) mass is 417 g/mol. The lowest BCUT2D eigenvalue weighted by molar-refractivity contribution is -0.135. The van der Waals surface area contributed by atoms with Gasteiger partial charge in [0.25, 0.3) is 0 Å². The van der Waals surface area contributed by atoms with Gasteiger partial charge < -0.3 is 10.2 Å². The minimum Gasteiger partial charge on any atom is -0.341 e. The summed E-state index contributed by atoms with van der Waals surface area (Å²) >= 11 is 0. The second-order valence-corrected chi connectivity index (χ2v) is 9.93. The Hall–Kier alpha value is -2.49. The van der Waals surface area contributed by atoms with Crippen LogP contribution in [-0.4, -0.2) is 66.5 Å². The minimum atomic E-state index is 0.260. The molecule has 0 bridgehead atoms. The molecule has 1 spiro atoms. The Morgan fingerprint density at radius 3 is 2.77 bits per heavy atom. The molecule has 0 saturated carbocycles. The number of hydrogen-bond donors (Lipinski definition) is 1. The number of pyridine rings is 1. The molecule has 162 valence electrons. The molecule has 0 unspecified atom stereocenters. The highest BCUT2D eigenvalue weighted by molar-refractivity contribution is 5.87. The average molecular weight is 418 g/mol. The van der Waals surface area contributed by atoms with Crippen molar-refractivity contribution in [1.29, 1.82) is 5.26 Å². The number of nitrogens with one attached hydrogen (secondary N) is 1. The van der Waals surface area contributed by atoms with Gasteiger partial charge in [0.05, 0.1) is 17.6 Å². The number of amides is 1. The third-order valence-electron chi connectivity index (χ3n) is 7.65. The Morgan fingerprint density at radius 2 is 2.06 bits per heavy atom. The molecule has 1 aromatic heterocycles. The molecule has 3 aliphatic heterocycles. The maximum absolute atomic E-state index is 13.2. The topological polar surface area (TPSA) is 72.3 Å². The molecule has 0 radical (unpaired) electrons. The van der Waals surface area contributed by atoms with Gasteiger partial charge in [0.2, 0.25) is 5.91 Å². The van der Waals surface area contributed by atoms with E-state index in [4.69, 9.17) is 0 Å². The molecule has 6 nitrogen and oxygen atoms in total. The van der Waals surface area contributed by atoms with Gasteiger partial charge in [-0.2, -0.15) is 5.26 Å². The van der Waals surface area contributed by atoms with Crippen LogP contribution in [0.25, 0.3) is 10.9 Å². The van der Waals surface area contributed by atoms with E-state index in [-0.39, 0.29) is 11.8 Å². The fourth-order valence-electron chi connectivity index (χ4n) is 5.73. The minimum absolute atomic E-state index is 0.260. The highest BCUT2D eigenvalue weighted by atomic mass is 16.2. The van der Waals surface area contributed by atoms with Crippen LogP contribution in [0.2, 0.25) is 0 Å². The predicted octanol–water partition coefficient (Wildman–Crippen LogP) is 2.74. The van der Waals surface area contributed by atoms with Crippen LogP contribution in [0.5, 0.6) is 0 Å². The number of benzene rings is 1. The second-order valence-electron chi connectivity index (χ2n) is 9.93. The Morgan fingerprint density at radius 1 is 1.26 bits per heavy atom. The first kappa shape index (κ1) is 20.4. The van der Waals surface area contributed by atoms with Crippen molar-refractivity contribution in [1.82, 2.24) is 20.1 Å². The van der Waals surface area contributed by atoms with E-state index in [1.165, 1.54) is 18.4 Å². The predicted molar refractivity (Wildman–Crippen MR) is 121 cm³/mol. The van der Waals surface area contributed by atoms with Crippen molar-refractivity contribution in [3.63, 3.8) is 0 Å². The molecule has 31 heavy (non-hydrogen) atoms. The molecule has 3 aliphatic rings. The summed E-state index contributed by atoms with van der Waals surface area (Å²) in [7, 11) is 0. The van der Waals surface area contributed by atoms with Crippen molar-refractivity contribution in [2.24, 2.45) is 11.3 Å². The van der Waals surface area contributed by atoms with Crippen molar-refractivity contribution in [3.8, 4) is 6.07 Å². The molecular formula is C25H31N5O. The summed E-state index contributed by atoms with van der Waals surface area (Å²) in [5, 5.41) is 13.9. The third kappa shape index (κ3) is 3.93. The normalized spacial score (nSPS) is 25.9. The van der Waals surface area contributed by atoms with Crippen molar-refractivity contribution in [2.45, 2.75) is 32.1 Å². The summed E-state index contributed by atoms with van der Waals surface area (Å²) < 4.78 is 0. The second kappa shape index (κ2) is 8.22. The fourth-order valence-corrected chi connectivity index (χ4v) is 5.73. The standard InChI is InChI=1S/C25H31N5O/c1-18-11-20(21-5-4-19(12-26)24-22(21)3-2-8-28-24)14-30(13-18)23(31)15-29-9-6-25(7-10-29)16-27-17-25/h2-5,8,18,20,27H,6-7,9-11,13-17H2,1H3/t18-,20+/m1/s1. The molecule has 6 heteroatoms. The molecule has 1 N–H and O–H groups in total. The van der Waals surface area contributed by atoms with Crippen LogP contribution in [0.4, 0.5) is 0 Å². The molecular weight excluding hydrogens is 386 g/mol. The number of carbonyl (C=O) groups excluding carboxylic acids is 1. The quantitative estimate of drug-likeness (QED) is 0.831. The first-order valence-corrected chi connectivity index (χ1v) is 11.6. The maximum Gasteiger partial charge on any atom is 0.236 e. The van der Waals surface area contributed by atoms with E-state index in [2.05, 4.69) is 45.2 Å². The van der Waals surface area contributed by atoms with Crippen molar-refractivity contribution in [3.05, 3.63) is 41.6 Å². The molecule has 3 saturated heterocycles. The lowest BCUT2D eigenvalue weighted by atomic mass is 9.73. The molecule has 1 amide bonds. The molecule has 3 fully saturated rings. The number of piperidine rings is 2. The number of nitrogens with zero attached hydrogens (tertiary/aromatic N) is 4. The number of aromatic nitrogens is 1. The van der Waals surface area contributed by atoms with Crippen LogP contribution in [-0.2, 0) is 4.79 Å². The Balaban J connectivity index is 1.30. The van der Waals surface area contributed by atoms with Crippen LogP contribution in [0.1, 0.15) is 43.2 Å². The van der Waals surface area contributed by atoms with Crippen LogP contribution in [0.15, 0.2) is 30.5 Å². The number of hydrogen-bond acceptors (Lipinski definition) is 5. The Bertz CT molecular complexity index is 1010. The molecule has 0 aliphatic carbocycles. The Labute approximate surface area is 184 Å². The number of nitriles is 1. The average Bonchev–Trinajstić information content (AvgIpc) is 2.77. The van der Waals surface area contributed by atoms with E-state index in [9.17, 15) is 10.1 Å². The van der Waals surface area contributed by atoms with E-state index >= 15 is 0 Å². The first-order valence-electron chi connectivity index (χ1n) is 11.6. The number of likely N-dealkylation sites (tertiary alicyclic amines) is 2. The summed E-state index contributed by atoms with van der Waals surface area (Å²) in [5.41, 5.74) is 3.10. The summed E-state index contributed by atoms with van der Waals surface area (Å²) in [6.07, 6.45) is 5.21. The van der Waals surface area contributed by atoms with Gasteiger partial charge in [-0.3, -0.25) is 14.7 Å². The third-order valence-corrected chi connectivity index (χ3v) is 7.65. The van der Waals surface area contributed by atoms with Gasteiger partial charge >= 0.3 is 0 Å². The molecule has 5 rings (SSSR count). The zero-order valence-corrected chi connectivity index (χ0v) is 18.3. The van der Waals surface area contributed by atoms with Crippen molar-refractivity contribution in [2.75, 3.05) is 45.8 Å². The van der Waals surface area contributed by atoms with E-state index in [1.807, 2.05) is 12.1 Å². The van der Waals surface area contributed by atoms with E-state index in [0.717, 1.165) is 56.6 Å². The van der Waals surface area contributed by atoms with Gasteiger partial charge in [-0.15, -0.1) is 0 Å². The summed E-state index contributed by atoms with van der Waals surface area (Å²) in [4.78, 5) is 22.1. The van der Waals surface area contributed by atoms with Crippen LogP contribution in [0.3, 0.4) is 0 Å². The largest absolute Gasteiger partial charge is 0.341 e. The van der Waals surface area contributed by atoms with Gasteiger partial charge in [0, 0.05) is 43.7 Å². The van der Waals surface area contributed by atoms with E-state index in [0.29, 0.717) is 23.4 Å². The molecule has 2 atom stereocenters. The lowest BCUT2D eigenvalue weighted by Gasteiger charge is -2.48. The van der Waals surface area contributed by atoms with Gasteiger partial charge in [-0.05, 0) is 61.4 Å². The van der Waals surface area contributed by atoms with E-state index < -0.39 is 0 Å². The maximum atomic E-state index is 13.2.